The van der Waals surface area contributed by atoms with E-state index in [1.165, 1.54) is 0 Å². The molecule has 1 amide bonds. The molecule has 0 saturated heterocycles. The van der Waals surface area contributed by atoms with Crippen molar-refractivity contribution in [2.75, 3.05) is 11.1 Å². The van der Waals surface area contributed by atoms with Crippen LogP contribution in [0.25, 0.3) is 0 Å². The predicted molar refractivity (Wildman–Crippen MR) is 80.6 cm³/mol. The Morgan fingerprint density at radius 3 is 2.20 bits per heavy atom. The van der Waals surface area contributed by atoms with Crippen LogP contribution in [0.15, 0.2) is 39.3 Å². The normalized spacial score (nSPS) is 10.4. The maximum atomic E-state index is 13.1. The minimum atomic E-state index is -0.821. The molecule has 0 heterocycles. The van der Waals surface area contributed by atoms with Gasteiger partial charge in [-0.05, 0) is 40.2 Å². The number of nitrogens with two attached hydrogens (primary N) is 1. The van der Waals surface area contributed by atoms with Crippen LogP contribution in [0.3, 0.4) is 0 Å². The lowest BCUT2D eigenvalue weighted by molar-refractivity contribution is 0.102. The molecule has 2 aromatic rings. The van der Waals surface area contributed by atoms with E-state index in [-0.39, 0.29) is 5.56 Å². The van der Waals surface area contributed by atoms with Gasteiger partial charge in [-0.2, -0.15) is 0 Å². The van der Waals surface area contributed by atoms with Gasteiger partial charge in [0.1, 0.15) is 11.6 Å². The second-order valence-electron chi connectivity index (χ2n) is 3.96. The molecule has 0 unspecified atom stereocenters. The van der Waals surface area contributed by atoms with Gasteiger partial charge in [0.2, 0.25) is 0 Å². The molecule has 0 aliphatic carbocycles. The molecule has 0 spiro atoms. The van der Waals surface area contributed by atoms with E-state index in [9.17, 15) is 13.6 Å². The van der Waals surface area contributed by atoms with Crippen molar-refractivity contribution < 1.29 is 13.6 Å². The lowest BCUT2D eigenvalue weighted by Crippen LogP contribution is -2.14. The van der Waals surface area contributed by atoms with E-state index in [0.717, 1.165) is 16.6 Å². The second-order valence-corrected chi connectivity index (χ2v) is 5.73. The molecule has 2 aromatic carbocycles. The van der Waals surface area contributed by atoms with Crippen LogP contribution in [0, 0.1) is 11.6 Å². The molecule has 0 aromatic heterocycles. The summed E-state index contributed by atoms with van der Waals surface area (Å²) in [6, 6.07) is 5.88. The summed E-state index contributed by atoms with van der Waals surface area (Å²) in [7, 11) is 0. The number of hydrogen-bond acceptors (Lipinski definition) is 2. The summed E-state index contributed by atoms with van der Waals surface area (Å²) in [5.74, 6) is -2.30. The first-order valence-electron chi connectivity index (χ1n) is 5.39. The van der Waals surface area contributed by atoms with Crippen molar-refractivity contribution in [3.05, 3.63) is 56.5 Å². The Bertz CT molecular complexity index is 649. The SMILES string of the molecule is Nc1cc(Br)cc(Br)c1NC(=O)c1cc(F)cc(F)c1. The van der Waals surface area contributed by atoms with Crippen LogP contribution in [-0.2, 0) is 0 Å². The lowest BCUT2D eigenvalue weighted by Gasteiger charge is -2.11. The van der Waals surface area contributed by atoms with Crippen molar-refractivity contribution in [2.45, 2.75) is 0 Å². The van der Waals surface area contributed by atoms with Gasteiger partial charge in [-0.1, -0.05) is 15.9 Å². The van der Waals surface area contributed by atoms with Crippen molar-refractivity contribution in [2.24, 2.45) is 0 Å². The van der Waals surface area contributed by atoms with Crippen molar-refractivity contribution in [1.82, 2.24) is 0 Å². The first-order chi connectivity index (χ1) is 9.36. The summed E-state index contributed by atoms with van der Waals surface area (Å²) < 4.78 is 27.4. The third kappa shape index (κ3) is 3.34. The molecule has 0 radical (unpaired) electrons. The Hall–Kier alpha value is -1.47. The fraction of sp³-hybridized carbons (Fsp3) is 0. The fourth-order valence-electron chi connectivity index (χ4n) is 1.60. The predicted octanol–water partition coefficient (Wildman–Crippen LogP) is 4.32. The molecule has 104 valence electrons. The zero-order valence-corrected chi connectivity index (χ0v) is 13.1. The van der Waals surface area contributed by atoms with Crippen molar-refractivity contribution in [3.8, 4) is 0 Å². The van der Waals surface area contributed by atoms with Gasteiger partial charge in [-0.3, -0.25) is 4.79 Å². The summed E-state index contributed by atoms with van der Waals surface area (Å²) in [4.78, 5) is 12.0. The van der Waals surface area contributed by atoms with Gasteiger partial charge >= 0.3 is 0 Å². The van der Waals surface area contributed by atoms with Crippen LogP contribution in [0.5, 0.6) is 0 Å². The van der Waals surface area contributed by atoms with Gasteiger partial charge in [0, 0.05) is 20.6 Å². The highest BCUT2D eigenvalue weighted by atomic mass is 79.9. The van der Waals surface area contributed by atoms with Crippen LogP contribution in [0.4, 0.5) is 20.2 Å². The number of carbonyl (C=O) groups excluding carboxylic acids is 1. The highest BCUT2D eigenvalue weighted by Crippen LogP contribution is 2.32. The van der Waals surface area contributed by atoms with E-state index in [2.05, 4.69) is 37.2 Å². The topological polar surface area (TPSA) is 55.1 Å². The average molecular weight is 406 g/mol. The molecule has 0 bridgehead atoms. The molecule has 0 atom stereocenters. The monoisotopic (exact) mass is 404 g/mol. The summed E-state index contributed by atoms with van der Waals surface area (Å²) in [5, 5.41) is 2.51. The first-order valence-corrected chi connectivity index (χ1v) is 6.97. The molecular formula is C13H8Br2F2N2O. The van der Waals surface area contributed by atoms with E-state index in [4.69, 9.17) is 5.73 Å². The Labute approximate surface area is 130 Å². The Morgan fingerprint density at radius 2 is 1.65 bits per heavy atom. The number of nitrogens with one attached hydrogen (secondary N) is 1. The van der Waals surface area contributed by atoms with Gasteiger partial charge in [-0.25, -0.2) is 8.78 Å². The summed E-state index contributed by atoms with van der Waals surface area (Å²) >= 11 is 6.51. The van der Waals surface area contributed by atoms with E-state index in [0.29, 0.717) is 21.9 Å². The number of carbonyl (C=O) groups is 1. The van der Waals surface area contributed by atoms with Crippen LogP contribution >= 0.6 is 31.9 Å². The third-order valence-corrected chi connectivity index (χ3v) is 3.53. The fourth-order valence-corrected chi connectivity index (χ4v) is 2.95. The molecule has 7 heteroatoms. The summed E-state index contributed by atoms with van der Waals surface area (Å²) in [6.07, 6.45) is 0. The molecular weight excluding hydrogens is 398 g/mol. The van der Waals surface area contributed by atoms with Gasteiger partial charge < -0.3 is 11.1 Å². The maximum Gasteiger partial charge on any atom is 0.255 e. The van der Waals surface area contributed by atoms with Crippen molar-refractivity contribution in [1.29, 1.82) is 0 Å². The average Bonchev–Trinajstić information content (AvgIpc) is 2.32. The number of nitrogen functional groups attached to an aromatic ring is 1. The second kappa shape index (κ2) is 5.88. The standard InChI is InChI=1S/C13H8Br2F2N2O/c14-7-3-10(15)12(11(18)4-7)19-13(20)6-1-8(16)5-9(17)2-6/h1-5H,18H2,(H,19,20). The number of hydrogen-bond donors (Lipinski definition) is 2. The van der Waals surface area contributed by atoms with Crippen LogP contribution < -0.4 is 11.1 Å². The third-order valence-electron chi connectivity index (χ3n) is 2.45. The summed E-state index contributed by atoms with van der Waals surface area (Å²) in [6.45, 7) is 0. The van der Waals surface area contributed by atoms with Gasteiger partial charge in [-0.15, -0.1) is 0 Å². The Balaban J connectivity index is 2.32. The Kier molecular flexibility index (Phi) is 4.39. The summed E-state index contributed by atoms with van der Waals surface area (Å²) in [5.41, 5.74) is 6.31. The van der Waals surface area contributed by atoms with Gasteiger partial charge in [0.15, 0.2) is 0 Å². The molecule has 0 fully saturated rings. The zero-order chi connectivity index (χ0) is 14.9. The van der Waals surface area contributed by atoms with E-state index >= 15 is 0 Å². The van der Waals surface area contributed by atoms with E-state index in [1.54, 1.807) is 12.1 Å². The van der Waals surface area contributed by atoms with Crippen LogP contribution in [-0.4, -0.2) is 5.91 Å². The molecule has 0 aliphatic rings. The largest absolute Gasteiger partial charge is 0.397 e. The Morgan fingerprint density at radius 1 is 1.05 bits per heavy atom. The van der Waals surface area contributed by atoms with Crippen LogP contribution in [0.1, 0.15) is 10.4 Å². The number of amides is 1. The van der Waals surface area contributed by atoms with Crippen LogP contribution in [0.2, 0.25) is 0 Å². The zero-order valence-electron chi connectivity index (χ0n) is 9.88. The van der Waals surface area contributed by atoms with Crippen molar-refractivity contribution >= 4 is 49.1 Å². The molecule has 2 rings (SSSR count). The number of benzene rings is 2. The highest BCUT2D eigenvalue weighted by molar-refractivity contribution is 9.11. The molecule has 0 saturated carbocycles. The smallest absolute Gasteiger partial charge is 0.255 e. The number of halogens is 4. The van der Waals surface area contributed by atoms with Crippen molar-refractivity contribution in [3.63, 3.8) is 0 Å². The molecule has 0 aliphatic heterocycles. The molecule has 3 nitrogen and oxygen atoms in total. The minimum absolute atomic E-state index is 0.128. The number of anilines is 2. The first kappa shape index (κ1) is 14.9. The molecule has 3 N–H and O–H groups in total. The van der Waals surface area contributed by atoms with Gasteiger partial charge in [0.05, 0.1) is 11.4 Å². The minimum Gasteiger partial charge on any atom is -0.397 e. The highest BCUT2D eigenvalue weighted by Gasteiger charge is 2.13. The quantitative estimate of drug-likeness (QED) is 0.731. The lowest BCUT2D eigenvalue weighted by atomic mass is 10.2. The van der Waals surface area contributed by atoms with E-state index in [1.807, 2.05) is 0 Å². The number of rotatable bonds is 2. The molecule has 20 heavy (non-hydrogen) atoms. The van der Waals surface area contributed by atoms with Gasteiger partial charge in [0.25, 0.3) is 5.91 Å². The van der Waals surface area contributed by atoms with E-state index < -0.39 is 17.5 Å². The maximum absolute atomic E-state index is 13.1.